The van der Waals surface area contributed by atoms with Gasteiger partial charge in [-0.05, 0) is 6.92 Å². The number of primary amides is 1. The summed E-state index contributed by atoms with van der Waals surface area (Å²) in [6, 6.07) is -0.841. The number of thioether (sulfide) groups is 1. The molecule has 1 aromatic heterocycles. The van der Waals surface area contributed by atoms with E-state index in [1.807, 2.05) is 16.8 Å². The number of imide groups is 1. The first-order valence-corrected chi connectivity index (χ1v) is 6.41. The zero-order chi connectivity index (χ0) is 13.5. The summed E-state index contributed by atoms with van der Waals surface area (Å²) in [5.41, 5.74) is 10.3. The van der Waals surface area contributed by atoms with Crippen LogP contribution in [-0.4, -0.2) is 32.5 Å². The lowest BCUT2D eigenvalue weighted by Gasteiger charge is -2.05. The van der Waals surface area contributed by atoms with Crippen LogP contribution >= 0.6 is 11.8 Å². The predicted octanol–water partition coefficient (Wildman–Crippen LogP) is -0.566. The zero-order valence-corrected chi connectivity index (χ0v) is 10.9. The smallest absolute Gasteiger partial charge is 0.318 e. The molecule has 0 atom stereocenters. The number of nitrogens with zero attached hydrogens (tertiary/aromatic N) is 3. The van der Waals surface area contributed by atoms with E-state index in [2.05, 4.69) is 10.2 Å². The van der Waals surface area contributed by atoms with Crippen LogP contribution in [0.5, 0.6) is 0 Å². The Morgan fingerprint density at radius 3 is 2.72 bits per heavy atom. The van der Waals surface area contributed by atoms with E-state index in [1.54, 1.807) is 0 Å². The van der Waals surface area contributed by atoms with Gasteiger partial charge in [-0.15, -0.1) is 10.2 Å². The van der Waals surface area contributed by atoms with Gasteiger partial charge < -0.3 is 16.0 Å². The Bertz CT molecular complexity index is 433. The van der Waals surface area contributed by atoms with E-state index in [0.29, 0.717) is 23.3 Å². The van der Waals surface area contributed by atoms with E-state index in [9.17, 15) is 9.59 Å². The van der Waals surface area contributed by atoms with Gasteiger partial charge in [-0.3, -0.25) is 10.1 Å². The first kappa shape index (κ1) is 14.5. The van der Waals surface area contributed by atoms with Crippen LogP contribution in [0.2, 0.25) is 0 Å². The predicted molar refractivity (Wildman–Crippen MR) is 66.7 cm³/mol. The Kier molecular flexibility index (Phi) is 5.59. The molecule has 1 heterocycles. The largest absolute Gasteiger partial charge is 0.351 e. The van der Waals surface area contributed by atoms with Crippen LogP contribution in [0.3, 0.4) is 0 Å². The Hall–Kier alpha value is -1.61. The lowest BCUT2D eigenvalue weighted by molar-refractivity contribution is -0.119. The summed E-state index contributed by atoms with van der Waals surface area (Å²) in [5, 5.41) is 10.6. The van der Waals surface area contributed by atoms with Crippen molar-refractivity contribution < 1.29 is 9.59 Å². The van der Waals surface area contributed by atoms with Crippen molar-refractivity contribution >= 4 is 23.7 Å². The standard InChI is InChI=1S/C9H16N6O2S/c1-2-15-6(5-10)13-14-9(15)18-4-3-7(16)12-8(11)17/h2-5,10H2,1H3,(H3,11,12,16,17). The van der Waals surface area contributed by atoms with Crippen LogP contribution < -0.4 is 16.8 Å². The summed E-state index contributed by atoms with van der Waals surface area (Å²) in [6.07, 6.45) is 0.183. The average Bonchev–Trinajstić information content (AvgIpc) is 2.70. The molecule has 0 aromatic carbocycles. The van der Waals surface area contributed by atoms with Gasteiger partial charge in [-0.1, -0.05) is 11.8 Å². The quantitative estimate of drug-likeness (QED) is 0.595. The first-order chi connectivity index (χ1) is 8.58. The number of urea groups is 1. The topological polar surface area (TPSA) is 129 Å². The molecule has 18 heavy (non-hydrogen) atoms. The molecule has 0 bridgehead atoms. The monoisotopic (exact) mass is 272 g/mol. The van der Waals surface area contributed by atoms with Crippen molar-refractivity contribution in [2.24, 2.45) is 11.5 Å². The van der Waals surface area contributed by atoms with Gasteiger partial charge in [-0.25, -0.2) is 4.79 Å². The normalized spacial score (nSPS) is 10.3. The first-order valence-electron chi connectivity index (χ1n) is 5.42. The van der Waals surface area contributed by atoms with Gasteiger partial charge in [0, 0.05) is 18.7 Å². The molecule has 0 aliphatic heterocycles. The van der Waals surface area contributed by atoms with Gasteiger partial charge in [0.15, 0.2) is 5.16 Å². The Labute approximate surface area is 108 Å². The highest BCUT2D eigenvalue weighted by molar-refractivity contribution is 7.99. The molecule has 0 aliphatic rings. The van der Waals surface area contributed by atoms with E-state index in [-0.39, 0.29) is 6.42 Å². The molecule has 0 unspecified atom stereocenters. The second-order valence-electron chi connectivity index (χ2n) is 3.36. The lowest BCUT2D eigenvalue weighted by atomic mass is 10.4. The van der Waals surface area contributed by atoms with E-state index in [0.717, 1.165) is 6.54 Å². The van der Waals surface area contributed by atoms with Crippen LogP contribution in [-0.2, 0) is 17.9 Å². The zero-order valence-electron chi connectivity index (χ0n) is 10.0. The van der Waals surface area contributed by atoms with Crippen molar-refractivity contribution in [3.8, 4) is 0 Å². The van der Waals surface area contributed by atoms with Crippen molar-refractivity contribution in [1.29, 1.82) is 0 Å². The molecule has 8 nitrogen and oxygen atoms in total. The highest BCUT2D eigenvalue weighted by Gasteiger charge is 2.11. The molecular weight excluding hydrogens is 256 g/mol. The number of nitrogens with one attached hydrogen (secondary N) is 1. The highest BCUT2D eigenvalue weighted by Crippen LogP contribution is 2.17. The summed E-state index contributed by atoms with van der Waals surface area (Å²) >= 11 is 1.38. The van der Waals surface area contributed by atoms with Crippen LogP contribution in [0, 0.1) is 0 Å². The molecule has 0 fully saturated rings. The molecule has 0 radical (unpaired) electrons. The SMILES string of the molecule is CCn1c(CN)nnc1SCCC(=O)NC(N)=O. The van der Waals surface area contributed by atoms with Crippen LogP contribution in [0.15, 0.2) is 5.16 Å². The Morgan fingerprint density at radius 1 is 1.44 bits per heavy atom. The van der Waals surface area contributed by atoms with Crippen molar-refractivity contribution in [2.75, 3.05) is 5.75 Å². The molecule has 5 N–H and O–H groups in total. The fourth-order valence-electron chi connectivity index (χ4n) is 1.33. The molecule has 1 aromatic rings. The summed E-state index contributed by atoms with van der Waals surface area (Å²) in [4.78, 5) is 21.6. The number of hydrogen-bond acceptors (Lipinski definition) is 6. The summed E-state index contributed by atoms with van der Waals surface area (Å²) in [6.45, 7) is 3.01. The maximum atomic E-state index is 11.2. The van der Waals surface area contributed by atoms with E-state index >= 15 is 0 Å². The maximum Gasteiger partial charge on any atom is 0.318 e. The maximum absolute atomic E-state index is 11.2. The molecular formula is C9H16N6O2S. The third kappa shape index (κ3) is 4.00. The van der Waals surface area contributed by atoms with E-state index in [1.165, 1.54) is 11.8 Å². The number of hydrogen-bond donors (Lipinski definition) is 3. The van der Waals surface area contributed by atoms with E-state index in [4.69, 9.17) is 11.5 Å². The summed E-state index contributed by atoms with van der Waals surface area (Å²) < 4.78 is 1.89. The van der Waals surface area contributed by atoms with Crippen LogP contribution in [0.4, 0.5) is 4.79 Å². The molecule has 100 valence electrons. The third-order valence-corrected chi connectivity index (χ3v) is 3.08. The van der Waals surface area contributed by atoms with Crippen molar-refractivity contribution in [3.05, 3.63) is 5.82 Å². The highest BCUT2D eigenvalue weighted by atomic mass is 32.2. The molecule has 9 heteroatoms. The van der Waals surface area contributed by atoms with Gasteiger partial charge >= 0.3 is 6.03 Å². The number of carbonyl (C=O) groups is 2. The second kappa shape index (κ2) is 6.97. The third-order valence-electron chi connectivity index (χ3n) is 2.12. The van der Waals surface area contributed by atoms with Crippen molar-refractivity contribution in [2.45, 2.75) is 31.6 Å². The van der Waals surface area contributed by atoms with Gasteiger partial charge in [-0.2, -0.15) is 0 Å². The minimum atomic E-state index is -0.841. The van der Waals surface area contributed by atoms with Gasteiger partial charge in [0.25, 0.3) is 0 Å². The molecule has 0 saturated heterocycles. The number of rotatable bonds is 6. The van der Waals surface area contributed by atoms with Gasteiger partial charge in [0.2, 0.25) is 5.91 Å². The Morgan fingerprint density at radius 2 is 2.17 bits per heavy atom. The molecule has 3 amide bonds. The lowest BCUT2D eigenvalue weighted by Crippen LogP contribution is -2.35. The number of nitrogens with two attached hydrogens (primary N) is 2. The second-order valence-corrected chi connectivity index (χ2v) is 4.42. The number of aromatic nitrogens is 3. The number of carbonyl (C=O) groups excluding carboxylic acids is 2. The van der Waals surface area contributed by atoms with Gasteiger partial charge in [0.1, 0.15) is 5.82 Å². The van der Waals surface area contributed by atoms with E-state index < -0.39 is 11.9 Å². The minimum absolute atomic E-state index is 0.183. The van der Waals surface area contributed by atoms with Crippen molar-refractivity contribution in [1.82, 2.24) is 20.1 Å². The minimum Gasteiger partial charge on any atom is -0.351 e. The summed E-state index contributed by atoms with van der Waals surface area (Å²) in [5.74, 6) is 0.792. The Balaban J connectivity index is 2.46. The molecule has 1 rings (SSSR count). The van der Waals surface area contributed by atoms with Crippen molar-refractivity contribution in [3.63, 3.8) is 0 Å². The fraction of sp³-hybridized carbons (Fsp3) is 0.556. The van der Waals surface area contributed by atoms with Crippen LogP contribution in [0.1, 0.15) is 19.2 Å². The summed E-state index contributed by atoms with van der Waals surface area (Å²) in [7, 11) is 0. The number of amides is 3. The van der Waals surface area contributed by atoms with Gasteiger partial charge in [0.05, 0.1) is 6.54 Å². The molecule has 0 saturated carbocycles. The average molecular weight is 272 g/mol. The fourth-order valence-corrected chi connectivity index (χ4v) is 2.29. The molecule has 0 aliphatic carbocycles. The molecule has 0 spiro atoms. The van der Waals surface area contributed by atoms with Crippen LogP contribution in [0.25, 0.3) is 0 Å².